The molecule has 1 aromatic rings. The van der Waals surface area contributed by atoms with Gasteiger partial charge in [-0.1, -0.05) is 13.3 Å². The van der Waals surface area contributed by atoms with Gasteiger partial charge >= 0.3 is 0 Å². The molecule has 108 valence electrons. The lowest BCUT2D eigenvalue weighted by molar-refractivity contribution is 0.340. The Morgan fingerprint density at radius 2 is 1.89 bits per heavy atom. The van der Waals surface area contributed by atoms with Crippen LogP contribution in [0.2, 0.25) is 0 Å². The molecule has 0 amide bonds. The second kappa shape index (κ2) is 7.47. The number of hydrogen-bond donors (Lipinski definition) is 2. The van der Waals surface area contributed by atoms with Crippen LogP contribution in [0, 0.1) is 0 Å². The van der Waals surface area contributed by atoms with Gasteiger partial charge in [0.15, 0.2) is 0 Å². The van der Waals surface area contributed by atoms with E-state index in [4.69, 9.17) is 10.5 Å². The van der Waals surface area contributed by atoms with E-state index in [-0.39, 0.29) is 10.9 Å². The van der Waals surface area contributed by atoms with Gasteiger partial charge in [-0.15, -0.1) is 0 Å². The van der Waals surface area contributed by atoms with Crippen LogP contribution < -0.4 is 15.2 Å². The smallest absolute Gasteiger partial charge is 0.240 e. The molecule has 6 heteroatoms. The van der Waals surface area contributed by atoms with E-state index in [9.17, 15) is 8.42 Å². The van der Waals surface area contributed by atoms with Gasteiger partial charge in [0.2, 0.25) is 10.0 Å². The van der Waals surface area contributed by atoms with Crippen LogP contribution in [-0.2, 0) is 10.0 Å². The molecule has 0 aliphatic carbocycles. The summed E-state index contributed by atoms with van der Waals surface area (Å²) >= 11 is 0. The first-order chi connectivity index (χ1) is 9.03. The fourth-order valence-electron chi connectivity index (χ4n) is 1.74. The van der Waals surface area contributed by atoms with Gasteiger partial charge < -0.3 is 10.5 Å². The molecular formula is C13H22N2O3S. The molecule has 0 aliphatic rings. The number of benzene rings is 1. The molecule has 0 aromatic heterocycles. The van der Waals surface area contributed by atoms with Gasteiger partial charge in [0.25, 0.3) is 0 Å². The van der Waals surface area contributed by atoms with Crippen LogP contribution >= 0.6 is 0 Å². The first-order valence-electron chi connectivity index (χ1n) is 6.48. The minimum Gasteiger partial charge on any atom is -0.494 e. The lowest BCUT2D eigenvalue weighted by Crippen LogP contribution is -2.39. The maximum Gasteiger partial charge on any atom is 0.240 e. The molecule has 1 unspecified atom stereocenters. The highest BCUT2D eigenvalue weighted by atomic mass is 32.2. The second-order valence-corrected chi connectivity index (χ2v) is 5.96. The molecule has 1 aromatic carbocycles. The Hall–Kier alpha value is -1.11. The van der Waals surface area contributed by atoms with Crippen molar-refractivity contribution in [2.45, 2.75) is 37.6 Å². The Morgan fingerprint density at radius 3 is 2.37 bits per heavy atom. The number of nitrogens with two attached hydrogens (primary N) is 1. The summed E-state index contributed by atoms with van der Waals surface area (Å²) in [5.41, 5.74) is 5.56. The predicted octanol–water partition coefficient (Wildman–Crippen LogP) is 1.49. The van der Waals surface area contributed by atoms with E-state index in [1.807, 2.05) is 13.8 Å². The summed E-state index contributed by atoms with van der Waals surface area (Å²) < 4.78 is 32.2. The maximum atomic E-state index is 12.1. The quantitative estimate of drug-likeness (QED) is 0.758. The number of sulfonamides is 1. The first-order valence-corrected chi connectivity index (χ1v) is 7.97. The van der Waals surface area contributed by atoms with Crippen LogP contribution in [0.3, 0.4) is 0 Å². The van der Waals surface area contributed by atoms with Crippen molar-refractivity contribution in [3.8, 4) is 5.75 Å². The summed E-state index contributed by atoms with van der Waals surface area (Å²) in [4.78, 5) is 0.227. The zero-order valence-electron chi connectivity index (χ0n) is 11.4. The Kier molecular flexibility index (Phi) is 6.27. The van der Waals surface area contributed by atoms with Gasteiger partial charge in [0, 0.05) is 12.6 Å². The van der Waals surface area contributed by atoms with Gasteiger partial charge in [-0.05, 0) is 37.6 Å². The number of hydrogen-bond acceptors (Lipinski definition) is 4. The summed E-state index contributed by atoms with van der Waals surface area (Å²) in [6.07, 6.45) is 1.61. The maximum absolute atomic E-state index is 12.1. The number of rotatable bonds is 8. The monoisotopic (exact) mass is 286 g/mol. The molecule has 0 spiro atoms. The average molecular weight is 286 g/mol. The van der Waals surface area contributed by atoms with Gasteiger partial charge in [-0.25, -0.2) is 13.1 Å². The molecule has 0 bridgehead atoms. The zero-order chi connectivity index (χ0) is 14.3. The van der Waals surface area contributed by atoms with Crippen LogP contribution in [0.1, 0.15) is 26.7 Å². The van der Waals surface area contributed by atoms with Crippen molar-refractivity contribution in [2.24, 2.45) is 5.73 Å². The van der Waals surface area contributed by atoms with E-state index >= 15 is 0 Å². The molecule has 19 heavy (non-hydrogen) atoms. The lowest BCUT2D eigenvalue weighted by atomic mass is 10.2. The van der Waals surface area contributed by atoms with E-state index in [0.717, 1.165) is 12.8 Å². The van der Waals surface area contributed by atoms with Crippen molar-refractivity contribution in [3.05, 3.63) is 24.3 Å². The summed E-state index contributed by atoms with van der Waals surface area (Å²) in [6, 6.07) is 6.14. The molecule has 1 atom stereocenters. The van der Waals surface area contributed by atoms with Crippen LogP contribution in [0.15, 0.2) is 29.2 Å². The van der Waals surface area contributed by atoms with Crippen LogP contribution in [0.4, 0.5) is 0 Å². The largest absolute Gasteiger partial charge is 0.494 e. The fourth-order valence-corrected chi connectivity index (χ4v) is 3.03. The summed E-state index contributed by atoms with van der Waals surface area (Å²) in [5, 5.41) is 0. The standard InChI is InChI=1S/C13H22N2O3S/c1-3-5-11(10-14)15-19(16,17)13-8-6-12(7-9-13)18-4-2/h6-9,11,15H,3-5,10,14H2,1-2H3. The van der Waals surface area contributed by atoms with Crippen molar-refractivity contribution in [1.82, 2.24) is 4.72 Å². The SMILES string of the molecule is CCCC(CN)NS(=O)(=O)c1ccc(OCC)cc1. The Morgan fingerprint density at radius 1 is 1.26 bits per heavy atom. The lowest BCUT2D eigenvalue weighted by Gasteiger charge is -2.16. The van der Waals surface area contributed by atoms with Gasteiger partial charge in [0.05, 0.1) is 11.5 Å². The molecule has 0 fully saturated rings. The number of ether oxygens (including phenoxy) is 1. The topological polar surface area (TPSA) is 81.4 Å². The van der Waals surface area contributed by atoms with Crippen molar-refractivity contribution in [1.29, 1.82) is 0 Å². The van der Waals surface area contributed by atoms with Crippen LogP contribution in [-0.4, -0.2) is 27.6 Å². The van der Waals surface area contributed by atoms with Crippen molar-refractivity contribution >= 4 is 10.0 Å². The summed E-state index contributed by atoms with van der Waals surface area (Å²) in [6.45, 7) is 4.72. The van der Waals surface area contributed by atoms with E-state index in [1.54, 1.807) is 12.1 Å². The third-order valence-electron chi connectivity index (χ3n) is 2.69. The Balaban J connectivity index is 2.81. The molecule has 0 saturated carbocycles. The molecule has 0 saturated heterocycles. The van der Waals surface area contributed by atoms with Crippen molar-refractivity contribution < 1.29 is 13.2 Å². The third kappa shape index (κ3) is 4.81. The molecule has 0 heterocycles. The second-order valence-electron chi connectivity index (χ2n) is 4.25. The fraction of sp³-hybridized carbons (Fsp3) is 0.538. The predicted molar refractivity (Wildman–Crippen MR) is 75.7 cm³/mol. The Labute approximate surface area is 115 Å². The van der Waals surface area contributed by atoms with Gasteiger partial charge in [0.1, 0.15) is 5.75 Å². The minimum atomic E-state index is -3.51. The van der Waals surface area contributed by atoms with Gasteiger partial charge in [-0.2, -0.15) is 0 Å². The highest BCUT2D eigenvalue weighted by Gasteiger charge is 2.18. The van der Waals surface area contributed by atoms with Gasteiger partial charge in [-0.3, -0.25) is 0 Å². The highest BCUT2D eigenvalue weighted by molar-refractivity contribution is 7.89. The molecular weight excluding hydrogens is 264 g/mol. The third-order valence-corrected chi connectivity index (χ3v) is 4.22. The summed E-state index contributed by atoms with van der Waals surface area (Å²) in [5.74, 6) is 0.658. The van der Waals surface area contributed by atoms with E-state index in [2.05, 4.69) is 4.72 Å². The van der Waals surface area contributed by atoms with Crippen molar-refractivity contribution in [3.63, 3.8) is 0 Å². The van der Waals surface area contributed by atoms with Crippen LogP contribution in [0.25, 0.3) is 0 Å². The highest BCUT2D eigenvalue weighted by Crippen LogP contribution is 2.16. The van der Waals surface area contributed by atoms with Crippen LogP contribution in [0.5, 0.6) is 5.75 Å². The minimum absolute atomic E-state index is 0.221. The molecule has 0 radical (unpaired) electrons. The molecule has 1 rings (SSSR count). The zero-order valence-corrected chi connectivity index (χ0v) is 12.2. The Bertz CT molecular complexity index is 471. The van der Waals surface area contributed by atoms with E-state index in [0.29, 0.717) is 18.9 Å². The average Bonchev–Trinajstić information content (AvgIpc) is 2.39. The molecule has 5 nitrogen and oxygen atoms in total. The number of nitrogens with one attached hydrogen (secondary N) is 1. The summed E-state index contributed by atoms with van der Waals surface area (Å²) in [7, 11) is -3.51. The first kappa shape index (κ1) is 15.9. The molecule has 3 N–H and O–H groups in total. The normalized spacial score (nSPS) is 13.2. The van der Waals surface area contributed by atoms with E-state index < -0.39 is 10.0 Å². The molecule has 0 aliphatic heterocycles. The van der Waals surface area contributed by atoms with Crippen molar-refractivity contribution in [2.75, 3.05) is 13.2 Å². The van der Waals surface area contributed by atoms with E-state index in [1.165, 1.54) is 12.1 Å².